The molecule has 6 nitrogen and oxygen atoms in total. The lowest BCUT2D eigenvalue weighted by molar-refractivity contribution is -0.150. The molecule has 1 aromatic rings. The van der Waals surface area contributed by atoms with Crippen LogP contribution >= 0.6 is 11.8 Å². The van der Waals surface area contributed by atoms with E-state index in [9.17, 15) is 4.79 Å². The van der Waals surface area contributed by atoms with Gasteiger partial charge in [0.15, 0.2) is 5.16 Å². The maximum absolute atomic E-state index is 11.9. The zero-order valence-corrected chi connectivity index (χ0v) is 13.0. The van der Waals surface area contributed by atoms with Gasteiger partial charge in [-0.1, -0.05) is 11.8 Å². The Labute approximate surface area is 118 Å². The SMILES string of the molecule is CCOC(=O)C(C)(CCSc1nnc(C)n1C)NC. The van der Waals surface area contributed by atoms with Crippen molar-refractivity contribution in [2.24, 2.45) is 7.05 Å². The monoisotopic (exact) mass is 286 g/mol. The highest BCUT2D eigenvalue weighted by Crippen LogP contribution is 2.21. The second-order valence-corrected chi connectivity index (χ2v) is 5.55. The van der Waals surface area contributed by atoms with Gasteiger partial charge < -0.3 is 14.6 Å². The molecule has 7 heteroatoms. The minimum absolute atomic E-state index is 0.216. The maximum Gasteiger partial charge on any atom is 0.326 e. The summed E-state index contributed by atoms with van der Waals surface area (Å²) in [5, 5.41) is 12.0. The fourth-order valence-electron chi connectivity index (χ4n) is 1.48. The van der Waals surface area contributed by atoms with Crippen molar-refractivity contribution in [2.45, 2.75) is 37.9 Å². The summed E-state index contributed by atoms with van der Waals surface area (Å²) in [5.74, 6) is 1.43. The van der Waals surface area contributed by atoms with E-state index in [0.29, 0.717) is 13.0 Å². The Morgan fingerprint density at radius 3 is 2.68 bits per heavy atom. The van der Waals surface area contributed by atoms with Crippen LogP contribution in [0, 0.1) is 6.92 Å². The molecular formula is C12H22N4O2S. The van der Waals surface area contributed by atoms with Crippen LogP contribution in [0.4, 0.5) is 0 Å². The molecular weight excluding hydrogens is 264 g/mol. The van der Waals surface area contributed by atoms with Gasteiger partial charge in [0.1, 0.15) is 11.4 Å². The van der Waals surface area contributed by atoms with Gasteiger partial charge in [-0.15, -0.1) is 10.2 Å². The maximum atomic E-state index is 11.9. The highest BCUT2D eigenvalue weighted by molar-refractivity contribution is 7.99. The van der Waals surface area contributed by atoms with Crippen LogP contribution in [0.25, 0.3) is 0 Å². The van der Waals surface area contributed by atoms with Crippen LogP contribution in [0.15, 0.2) is 5.16 Å². The Morgan fingerprint density at radius 1 is 1.53 bits per heavy atom. The first-order valence-electron chi connectivity index (χ1n) is 6.29. The zero-order chi connectivity index (χ0) is 14.5. The van der Waals surface area contributed by atoms with E-state index in [4.69, 9.17) is 4.74 Å². The summed E-state index contributed by atoms with van der Waals surface area (Å²) in [7, 11) is 3.70. The van der Waals surface area contributed by atoms with Gasteiger partial charge in [0, 0.05) is 12.8 Å². The largest absolute Gasteiger partial charge is 0.465 e. The summed E-state index contributed by atoms with van der Waals surface area (Å²) in [6, 6.07) is 0. The molecule has 0 aromatic carbocycles. The van der Waals surface area contributed by atoms with E-state index in [0.717, 1.165) is 16.7 Å². The number of hydrogen-bond donors (Lipinski definition) is 1. The van der Waals surface area contributed by atoms with Crippen molar-refractivity contribution in [3.63, 3.8) is 0 Å². The molecule has 1 atom stereocenters. The highest BCUT2D eigenvalue weighted by atomic mass is 32.2. The number of carbonyl (C=O) groups excluding carboxylic acids is 1. The Hall–Kier alpha value is -1.08. The Morgan fingerprint density at radius 2 is 2.21 bits per heavy atom. The summed E-state index contributed by atoms with van der Waals surface area (Å²) in [5.41, 5.74) is -0.656. The van der Waals surface area contributed by atoms with Gasteiger partial charge in [-0.05, 0) is 34.2 Å². The van der Waals surface area contributed by atoms with Gasteiger partial charge in [-0.25, -0.2) is 0 Å². The lowest BCUT2D eigenvalue weighted by Gasteiger charge is -2.26. The van der Waals surface area contributed by atoms with E-state index in [1.54, 1.807) is 18.8 Å². The van der Waals surface area contributed by atoms with Crippen LogP contribution in [-0.2, 0) is 16.6 Å². The van der Waals surface area contributed by atoms with Gasteiger partial charge in [-0.2, -0.15) is 0 Å². The van der Waals surface area contributed by atoms with Crippen LogP contribution < -0.4 is 5.32 Å². The number of nitrogens with one attached hydrogen (secondary N) is 1. The van der Waals surface area contributed by atoms with Gasteiger partial charge in [0.2, 0.25) is 0 Å². The van der Waals surface area contributed by atoms with E-state index in [1.807, 2.05) is 32.4 Å². The molecule has 0 amide bonds. The number of thioether (sulfide) groups is 1. The van der Waals surface area contributed by atoms with Crippen LogP contribution in [0.3, 0.4) is 0 Å². The fraction of sp³-hybridized carbons (Fsp3) is 0.750. The molecule has 0 fully saturated rings. The average molecular weight is 286 g/mol. The lowest BCUT2D eigenvalue weighted by Crippen LogP contribution is -2.49. The zero-order valence-electron chi connectivity index (χ0n) is 12.2. The van der Waals surface area contributed by atoms with Gasteiger partial charge in [-0.3, -0.25) is 4.79 Å². The van der Waals surface area contributed by atoms with Crippen molar-refractivity contribution >= 4 is 17.7 Å². The Bertz CT molecular complexity index is 435. The molecule has 1 aromatic heterocycles. The number of ether oxygens (including phenoxy) is 1. The van der Waals surface area contributed by atoms with Crippen molar-refractivity contribution < 1.29 is 9.53 Å². The first-order chi connectivity index (χ1) is 8.94. The molecule has 0 bridgehead atoms. The number of nitrogens with zero attached hydrogens (tertiary/aromatic N) is 3. The van der Waals surface area contributed by atoms with Crippen molar-refractivity contribution in [2.75, 3.05) is 19.4 Å². The number of rotatable bonds is 7. The summed E-state index contributed by atoms with van der Waals surface area (Å²) in [6.45, 7) is 5.97. The molecule has 0 aliphatic heterocycles. The minimum Gasteiger partial charge on any atom is -0.465 e. The van der Waals surface area contributed by atoms with E-state index >= 15 is 0 Å². The van der Waals surface area contributed by atoms with Gasteiger partial charge >= 0.3 is 5.97 Å². The van der Waals surface area contributed by atoms with E-state index in [-0.39, 0.29) is 5.97 Å². The third-order valence-electron chi connectivity index (χ3n) is 3.16. The second-order valence-electron chi connectivity index (χ2n) is 4.49. The molecule has 19 heavy (non-hydrogen) atoms. The number of carbonyl (C=O) groups is 1. The Balaban J connectivity index is 2.54. The van der Waals surface area contributed by atoms with E-state index < -0.39 is 5.54 Å². The molecule has 1 rings (SSSR count). The molecule has 0 saturated heterocycles. The lowest BCUT2D eigenvalue weighted by atomic mass is 10.00. The average Bonchev–Trinajstić information content (AvgIpc) is 2.70. The fourth-order valence-corrected chi connectivity index (χ4v) is 2.60. The number of likely N-dealkylation sites (N-methyl/N-ethyl adjacent to an activating group) is 1. The summed E-state index contributed by atoms with van der Waals surface area (Å²) >= 11 is 1.59. The van der Waals surface area contributed by atoms with E-state index in [2.05, 4.69) is 15.5 Å². The number of esters is 1. The van der Waals surface area contributed by atoms with Crippen LogP contribution in [0.5, 0.6) is 0 Å². The van der Waals surface area contributed by atoms with Crippen LogP contribution in [0.1, 0.15) is 26.1 Å². The molecule has 1 heterocycles. The number of aromatic nitrogens is 3. The number of hydrogen-bond acceptors (Lipinski definition) is 6. The summed E-state index contributed by atoms with van der Waals surface area (Å²) < 4.78 is 7.02. The Kier molecular flexibility index (Phi) is 5.81. The molecule has 0 aliphatic rings. The van der Waals surface area contributed by atoms with Crippen molar-refractivity contribution in [3.8, 4) is 0 Å². The molecule has 0 spiro atoms. The topological polar surface area (TPSA) is 69.0 Å². The van der Waals surface area contributed by atoms with Gasteiger partial charge in [0.05, 0.1) is 6.61 Å². The molecule has 0 saturated carbocycles. The summed E-state index contributed by atoms with van der Waals surface area (Å²) in [4.78, 5) is 11.9. The quantitative estimate of drug-likeness (QED) is 0.599. The van der Waals surface area contributed by atoms with Crippen molar-refractivity contribution in [1.29, 1.82) is 0 Å². The third-order valence-corrected chi connectivity index (χ3v) is 4.19. The predicted molar refractivity (Wildman–Crippen MR) is 75.2 cm³/mol. The van der Waals surface area contributed by atoms with Crippen molar-refractivity contribution in [3.05, 3.63) is 5.82 Å². The predicted octanol–water partition coefficient (Wildman–Crippen LogP) is 1.15. The molecule has 0 aliphatic carbocycles. The first kappa shape index (κ1) is 16.0. The molecule has 1 N–H and O–H groups in total. The minimum atomic E-state index is -0.656. The first-order valence-corrected chi connectivity index (χ1v) is 7.28. The molecule has 108 valence electrons. The standard InChI is InChI=1S/C12H22N4O2S/c1-6-18-10(17)12(3,13-4)7-8-19-11-15-14-9(2)16(11)5/h13H,6-8H2,1-5H3. The van der Waals surface area contributed by atoms with Crippen molar-refractivity contribution in [1.82, 2.24) is 20.1 Å². The van der Waals surface area contributed by atoms with Crippen LogP contribution in [-0.4, -0.2) is 45.7 Å². The number of aryl methyl sites for hydroxylation is 1. The van der Waals surface area contributed by atoms with Gasteiger partial charge in [0.25, 0.3) is 0 Å². The summed E-state index contributed by atoms with van der Waals surface area (Å²) in [6.07, 6.45) is 0.666. The third kappa shape index (κ3) is 3.94. The second kappa shape index (κ2) is 6.91. The molecule has 0 radical (unpaired) electrons. The normalized spacial score (nSPS) is 14.2. The highest BCUT2D eigenvalue weighted by Gasteiger charge is 2.32. The molecule has 1 unspecified atom stereocenters. The van der Waals surface area contributed by atoms with E-state index in [1.165, 1.54) is 0 Å². The van der Waals surface area contributed by atoms with Crippen LogP contribution in [0.2, 0.25) is 0 Å². The smallest absolute Gasteiger partial charge is 0.326 e.